The Morgan fingerprint density at radius 1 is 1.09 bits per heavy atom. The number of carbonyl (C=O) groups is 4. The molecule has 0 bridgehead atoms. The zero-order valence-corrected chi connectivity index (χ0v) is 28.4. The number of carbonyl (C=O) groups excluding carboxylic acids is 4. The molecule has 0 heterocycles. The van der Waals surface area contributed by atoms with E-state index < -0.39 is 56.2 Å². The van der Waals surface area contributed by atoms with Gasteiger partial charge in [0.05, 0.1) is 6.61 Å². The second-order valence-corrected chi connectivity index (χ2v) is 16.6. The van der Waals surface area contributed by atoms with E-state index in [1.165, 1.54) is 13.8 Å². The van der Waals surface area contributed by atoms with Crippen molar-refractivity contribution in [1.29, 1.82) is 0 Å². The van der Waals surface area contributed by atoms with Crippen molar-refractivity contribution in [3.8, 4) is 0 Å². The van der Waals surface area contributed by atoms with Crippen LogP contribution in [0, 0.1) is 57.2 Å². The molecule has 2 N–H and O–H groups in total. The topological polar surface area (TPSA) is 154 Å². The number of ether oxygens (including phenoxy) is 2. The first kappa shape index (κ1) is 34.2. The lowest BCUT2D eigenvalue weighted by Gasteiger charge is -2.61. The Morgan fingerprint density at radius 3 is 2.36 bits per heavy atom. The van der Waals surface area contributed by atoms with Gasteiger partial charge in [-0.05, 0) is 83.7 Å². The number of phosphoric acid groups is 1. The Bertz CT molecular complexity index is 1380. The molecule has 4 fully saturated rings. The SMILES string of the molecule is C=C(C(=O)[C@H](OC(C)=O)C(C)[C@H]1[C@@H](OC(C)=O)C[C@@]2(C)[C@@H]3CC[C@H]4[C@H](C)C(=O)C=CC45CC35CC[C@]12C)[C@@H](C)COP(=O)(O)O. The van der Waals surface area contributed by atoms with Gasteiger partial charge in [0.25, 0.3) is 0 Å². The molecule has 5 rings (SSSR count). The number of Topliss-reactive ketones (excluding diaryl/α,β-unsaturated/α-hetero) is 1. The predicted molar refractivity (Wildman–Crippen MR) is 164 cm³/mol. The zero-order chi connectivity index (χ0) is 33.5. The van der Waals surface area contributed by atoms with E-state index in [1.807, 2.05) is 13.0 Å². The second kappa shape index (κ2) is 11.2. The molecule has 12 atom stereocenters. The minimum atomic E-state index is -4.76. The van der Waals surface area contributed by atoms with Gasteiger partial charge in [-0.2, -0.15) is 0 Å². The van der Waals surface area contributed by atoms with E-state index in [9.17, 15) is 23.7 Å². The van der Waals surface area contributed by atoms with Crippen molar-refractivity contribution in [3.05, 3.63) is 24.3 Å². The van der Waals surface area contributed by atoms with Crippen LogP contribution in [0.4, 0.5) is 0 Å². The summed E-state index contributed by atoms with van der Waals surface area (Å²) in [6.45, 7) is 16.2. The lowest BCUT2D eigenvalue weighted by atomic mass is 9.43. The van der Waals surface area contributed by atoms with Gasteiger partial charge in [0, 0.05) is 37.5 Å². The molecule has 2 spiro atoms. The standard InChI is InChI=1S/C34H49O10P/c1-18(16-42-45(39,40)41)19(2)29(38)30(44-23(6)36)21(4)28-26(43-22(5)35)15-32(8)27-10-9-24-20(3)25(37)11-12-33(24)17-34(27,33)14-13-31(28,32)7/h11-12,18,20-21,24,26-28,30H,2,9-10,13-17H2,1,3-8H3,(H2,39,40,41)/t18-,20-,21?,24-,26-,27-,28-,30+,31+,32-,33?,34?/m0/s1. The summed E-state index contributed by atoms with van der Waals surface area (Å²) < 4.78 is 27.7. The van der Waals surface area contributed by atoms with Crippen molar-refractivity contribution in [3.63, 3.8) is 0 Å². The number of hydrogen-bond donors (Lipinski definition) is 2. The summed E-state index contributed by atoms with van der Waals surface area (Å²) in [5.41, 5.74) is -0.475. The fourth-order valence-corrected chi connectivity index (χ4v) is 11.6. The zero-order valence-electron chi connectivity index (χ0n) is 27.5. The third-order valence-corrected chi connectivity index (χ3v) is 13.8. The first-order chi connectivity index (χ1) is 20.7. The maximum Gasteiger partial charge on any atom is 0.469 e. The Hall–Kier alpha value is -2.13. The molecule has 0 aliphatic heterocycles. The molecular formula is C34H49O10P. The maximum absolute atomic E-state index is 13.9. The first-order valence-corrected chi connectivity index (χ1v) is 17.8. The molecule has 3 unspecified atom stereocenters. The molecule has 250 valence electrons. The van der Waals surface area contributed by atoms with Gasteiger partial charge in [0.1, 0.15) is 6.10 Å². The number of esters is 2. The third-order valence-electron chi connectivity index (χ3n) is 13.3. The molecule has 0 saturated heterocycles. The molecule has 11 heteroatoms. The van der Waals surface area contributed by atoms with Gasteiger partial charge in [0.2, 0.25) is 0 Å². The molecule has 0 radical (unpaired) electrons. The fourth-order valence-electron chi connectivity index (χ4n) is 11.1. The average molecular weight is 649 g/mol. The number of ketones is 2. The number of hydrogen-bond acceptors (Lipinski definition) is 8. The van der Waals surface area contributed by atoms with Crippen molar-refractivity contribution < 1.29 is 47.5 Å². The molecule has 4 saturated carbocycles. The van der Waals surface area contributed by atoms with E-state index in [1.54, 1.807) is 6.92 Å². The molecular weight excluding hydrogens is 599 g/mol. The molecule has 0 amide bonds. The second-order valence-electron chi connectivity index (χ2n) is 15.3. The number of allylic oxidation sites excluding steroid dienone is 2. The Labute approximate surface area is 265 Å². The molecule has 0 aromatic carbocycles. The highest BCUT2D eigenvalue weighted by atomic mass is 31.2. The quantitative estimate of drug-likeness (QED) is 0.180. The molecule has 0 aromatic heterocycles. The fraction of sp³-hybridized carbons (Fsp3) is 0.765. The van der Waals surface area contributed by atoms with Crippen molar-refractivity contribution in [2.24, 2.45) is 57.2 Å². The first-order valence-electron chi connectivity index (χ1n) is 16.3. The van der Waals surface area contributed by atoms with Gasteiger partial charge in [0.15, 0.2) is 17.7 Å². The van der Waals surface area contributed by atoms with Crippen LogP contribution >= 0.6 is 7.82 Å². The van der Waals surface area contributed by atoms with Crippen LogP contribution in [0.2, 0.25) is 0 Å². The largest absolute Gasteiger partial charge is 0.469 e. The minimum absolute atomic E-state index is 0.0136. The summed E-state index contributed by atoms with van der Waals surface area (Å²) in [5, 5.41) is 0. The van der Waals surface area contributed by atoms with Crippen LogP contribution in [0.25, 0.3) is 0 Å². The Kier molecular flexibility index (Phi) is 8.55. The van der Waals surface area contributed by atoms with Gasteiger partial charge >= 0.3 is 19.8 Å². The Balaban J connectivity index is 1.49. The van der Waals surface area contributed by atoms with E-state index in [-0.39, 0.29) is 44.9 Å². The summed E-state index contributed by atoms with van der Waals surface area (Å²) in [5.74, 6) is -2.32. The molecule has 0 aromatic rings. The monoisotopic (exact) mass is 648 g/mol. The van der Waals surface area contributed by atoms with Crippen LogP contribution in [-0.2, 0) is 37.7 Å². The van der Waals surface area contributed by atoms with Crippen molar-refractivity contribution >= 4 is 31.3 Å². The number of rotatable bonds is 10. The van der Waals surface area contributed by atoms with E-state index in [2.05, 4.69) is 37.9 Å². The third kappa shape index (κ3) is 5.22. The molecule has 10 nitrogen and oxygen atoms in total. The van der Waals surface area contributed by atoms with Gasteiger partial charge in [-0.15, -0.1) is 0 Å². The van der Waals surface area contributed by atoms with Crippen LogP contribution < -0.4 is 0 Å². The minimum Gasteiger partial charge on any atom is -0.462 e. The summed E-state index contributed by atoms with van der Waals surface area (Å²) in [6.07, 6.45) is 7.74. The molecule has 5 aliphatic rings. The highest BCUT2D eigenvalue weighted by Gasteiger charge is 2.81. The van der Waals surface area contributed by atoms with Crippen LogP contribution in [0.15, 0.2) is 24.3 Å². The van der Waals surface area contributed by atoms with Gasteiger partial charge in [-0.25, -0.2) is 4.57 Å². The van der Waals surface area contributed by atoms with Crippen molar-refractivity contribution in [1.82, 2.24) is 0 Å². The van der Waals surface area contributed by atoms with Gasteiger partial charge in [-0.3, -0.25) is 23.7 Å². The Morgan fingerprint density at radius 2 is 1.76 bits per heavy atom. The summed E-state index contributed by atoms with van der Waals surface area (Å²) in [6, 6.07) is 0. The van der Waals surface area contributed by atoms with E-state index in [0.717, 1.165) is 32.1 Å². The van der Waals surface area contributed by atoms with Crippen molar-refractivity contribution in [2.45, 2.75) is 99.2 Å². The van der Waals surface area contributed by atoms with Crippen molar-refractivity contribution in [2.75, 3.05) is 6.61 Å². The smallest absolute Gasteiger partial charge is 0.462 e. The van der Waals surface area contributed by atoms with E-state index in [0.29, 0.717) is 18.3 Å². The van der Waals surface area contributed by atoms with Crippen LogP contribution in [0.1, 0.15) is 87.0 Å². The predicted octanol–water partition coefficient (Wildman–Crippen LogP) is 5.36. The van der Waals surface area contributed by atoms with Crippen LogP contribution in [0.3, 0.4) is 0 Å². The lowest BCUT2D eigenvalue weighted by Crippen LogP contribution is -2.56. The van der Waals surface area contributed by atoms with E-state index in [4.69, 9.17) is 19.3 Å². The van der Waals surface area contributed by atoms with Gasteiger partial charge in [-0.1, -0.05) is 47.3 Å². The molecule has 5 aliphatic carbocycles. The molecule has 45 heavy (non-hydrogen) atoms. The van der Waals surface area contributed by atoms with Crippen LogP contribution in [0.5, 0.6) is 0 Å². The van der Waals surface area contributed by atoms with Crippen LogP contribution in [-0.4, -0.2) is 52.1 Å². The summed E-state index contributed by atoms with van der Waals surface area (Å²) >= 11 is 0. The lowest BCUT2D eigenvalue weighted by molar-refractivity contribution is -0.166. The highest BCUT2D eigenvalue weighted by molar-refractivity contribution is 7.46. The summed E-state index contributed by atoms with van der Waals surface area (Å²) in [7, 11) is -4.76. The number of fused-ring (bicyclic) bond motifs is 2. The maximum atomic E-state index is 13.9. The van der Waals surface area contributed by atoms with Gasteiger partial charge < -0.3 is 19.3 Å². The highest BCUT2D eigenvalue weighted by Crippen LogP contribution is 2.87. The number of phosphoric ester groups is 1. The normalized spacial score (nSPS) is 41.8. The van der Waals surface area contributed by atoms with E-state index >= 15 is 0 Å². The average Bonchev–Trinajstić information content (AvgIpc) is 3.55. The summed E-state index contributed by atoms with van der Waals surface area (Å²) in [4.78, 5) is 69.8.